The summed E-state index contributed by atoms with van der Waals surface area (Å²) in [5.74, 6) is -1.28. The second-order valence-corrected chi connectivity index (χ2v) is 5.87. The third-order valence-electron chi connectivity index (χ3n) is 3.94. The monoisotopic (exact) mass is 412 g/mol. The lowest BCUT2D eigenvalue weighted by Gasteiger charge is -2.14. The largest absolute Gasteiger partial charge is 0.497 e. The molecule has 0 aliphatic heterocycles. The highest BCUT2D eigenvalue weighted by atomic mass is 19.4. The van der Waals surface area contributed by atoms with Crippen molar-refractivity contribution >= 4 is 17.5 Å². The maximum Gasteiger partial charge on any atom is 0.416 e. The smallest absolute Gasteiger partial charge is 0.416 e. The number of methoxy groups -OCH3 is 2. The molecule has 2 rings (SSSR count). The van der Waals surface area contributed by atoms with E-state index in [0.717, 1.165) is 24.3 Å². The summed E-state index contributed by atoms with van der Waals surface area (Å²) in [7, 11) is 2.84. The Balaban J connectivity index is 1.94. The van der Waals surface area contributed by atoms with Crippen LogP contribution in [0.4, 0.5) is 18.9 Å². The van der Waals surface area contributed by atoms with Crippen molar-refractivity contribution in [2.75, 3.05) is 26.1 Å². The molecule has 0 radical (unpaired) electrons. The summed E-state index contributed by atoms with van der Waals surface area (Å²) in [5, 5.41) is 14.6. The molecule has 0 aromatic heterocycles. The molecular formula is C19H19F3N2O5. The summed E-state index contributed by atoms with van der Waals surface area (Å²) in [6, 6.07) is 8.40. The minimum Gasteiger partial charge on any atom is -0.497 e. The van der Waals surface area contributed by atoms with Gasteiger partial charge in [0.25, 0.3) is 0 Å². The molecule has 1 atom stereocenters. The quantitative estimate of drug-likeness (QED) is 0.634. The predicted molar refractivity (Wildman–Crippen MR) is 97.6 cm³/mol. The lowest BCUT2D eigenvalue weighted by Crippen LogP contribution is -2.37. The molecule has 3 N–H and O–H groups in total. The Bertz CT molecular complexity index is 869. The second kappa shape index (κ2) is 9.28. The van der Waals surface area contributed by atoms with Crippen LogP contribution in [-0.4, -0.2) is 37.7 Å². The first-order chi connectivity index (χ1) is 13.7. The number of benzene rings is 2. The first-order valence-electron chi connectivity index (χ1n) is 8.32. The van der Waals surface area contributed by atoms with Crippen LogP contribution in [0.5, 0.6) is 11.5 Å². The topological polar surface area (TPSA) is 96.9 Å². The van der Waals surface area contributed by atoms with Crippen LogP contribution in [-0.2, 0) is 15.8 Å². The summed E-state index contributed by atoms with van der Waals surface area (Å²) < 4.78 is 47.8. The Labute approximate surface area is 164 Å². The maximum atomic E-state index is 12.6. The van der Waals surface area contributed by atoms with Crippen LogP contribution in [0.25, 0.3) is 0 Å². The summed E-state index contributed by atoms with van der Waals surface area (Å²) in [5.41, 5.74) is -0.461. The van der Waals surface area contributed by atoms with E-state index >= 15 is 0 Å². The molecule has 0 saturated carbocycles. The lowest BCUT2D eigenvalue weighted by molar-refractivity contribution is -0.137. The van der Waals surface area contributed by atoms with E-state index in [9.17, 15) is 27.9 Å². The van der Waals surface area contributed by atoms with Crippen molar-refractivity contribution in [3.63, 3.8) is 0 Å². The highest BCUT2D eigenvalue weighted by molar-refractivity contribution is 6.39. The fourth-order valence-corrected chi connectivity index (χ4v) is 2.36. The van der Waals surface area contributed by atoms with Gasteiger partial charge in [-0.15, -0.1) is 0 Å². The van der Waals surface area contributed by atoms with Gasteiger partial charge in [-0.3, -0.25) is 9.59 Å². The Morgan fingerprint density at radius 2 is 1.69 bits per heavy atom. The zero-order chi connectivity index (χ0) is 21.6. The van der Waals surface area contributed by atoms with Gasteiger partial charge >= 0.3 is 18.0 Å². The fraction of sp³-hybridized carbons (Fsp3) is 0.263. The molecule has 1 unspecified atom stereocenters. The Morgan fingerprint density at radius 3 is 2.24 bits per heavy atom. The van der Waals surface area contributed by atoms with Crippen LogP contribution in [0.3, 0.4) is 0 Å². The Hall–Kier alpha value is -3.27. The van der Waals surface area contributed by atoms with Crippen molar-refractivity contribution in [3.8, 4) is 11.5 Å². The Kier molecular flexibility index (Phi) is 7.05. The van der Waals surface area contributed by atoms with Gasteiger partial charge in [0, 0.05) is 12.6 Å². The summed E-state index contributed by atoms with van der Waals surface area (Å²) in [6.45, 7) is -0.364. The number of amides is 2. The molecule has 10 heteroatoms. The van der Waals surface area contributed by atoms with Gasteiger partial charge in [0.1, 0.15) is 11.5 Å². The summed E-state index contributed by atoms with van der Waals surface area (Å²) in [6.07, 6.45) is -5.78. The van der Waals surface area contributed by atoms with Crippen LogP contribution in [0.15, 0.2) is 42.5 Å². The van der Waals surface area contributed by atoms with E-state index in [1.54, 1.807) is 6.07 Å². The standard InChI is InChI=1S/C19H19F3N2O5/c1-28-13-7-8-14(16(9-13)29-2)24-18(27)17(26)23-10-15(25)11-3-5-12(6-4-11)19(20,21)22/h3-9,15,25H,10H2,1-2H3,(H,23,26)(H,24,27). The van der Waals surface area contributed by atoms with Crippen molar-refractivity contribution in [2.24, 2.45) is 0 Å². The number of nitrogens with one attached hydrogen (secondary N) is 2. The van der Waals surface area contributed by atoms with Crippen molar-refractivity contribution < 1.29 is 37.3 Å². The molecule has 0 spiro atoms. The number of aliphatic hydroxyl groups is 1. The highest BCUT2D eigenvalue weighted by Gasteiger charge is 2.30. The van der Waals surface area contributed by atoms with E-state index in [0.29, 0.717) is 5.75 Å². The number of ether oxygens (including phenoxy) is 2. The van der Waals surface area contributed by atoms with Crippen LogP contribution in [0.2, 0.25) is 0 Å². The van der Waals surface area contributed by atoms with Gasteiger partial charge in [0.05, 0.1) is 31.6 Å². The third kappa shape index (κ3) is 5.85. The van der Waals surface area contributed by atoms with Gasteiger partial charge in [-0.1, -0.05) is 12.1 Å². The SMILES string of the molecule is COc1ccc(NC(=O)C(=O)NCC(O)c2ccc(C(F)(F)F)cc2)c(OC)c1. The van der Waals surface area contributed by atoms with Gasteiger partial charge in [-0.25, -0.2) is 0 Å². The van der Waals surface area contributed by atoms with Crippen LogP contribution in [0.1, 0.15) is 17.2 Å². The van der Waals surface area contributed by atoms with Gasteiger partial charge in [-0.2, -0.15) is 13.2 Å². The van der Waals surface area contributed by atoms with Crippen LogP contribution >= 0.6 is 0 Å². The minimum absolute atomic E-state index is 0.163. The van der Waals surface area contributed by atoms with Crippen LogP contribution in [0, 0.1) is 0 Å². The fourth-order valence-electron chi connectivity index (χ4n) is 2.36. The number of halogens is 3. The van der Waals surface area contributed by atoms with E-state index in [1.165, 1.54) is 26.4 Å². The zero-order valence-electron chi connectivity index (χ0n) is 15.5. The summed E-state index contributed by atoms with van der Waals surface area (Å²) in [4.78, 5) is 24.0. The first kappa shape index (κ1) is 22.0. The molecule has 29 heavy (non-hydrogen) atoms. The lowest BCUT2D eigenvalue weighted by atomic mass is 10.1. The number of carbonyl (C=O) groups excluding carboxylic acids is 2. The van der Waals surface area contributed by atoms with E-state index < -0.39 is 29.7 Å². The molecule has 0 fully saturated rings. The Morgan fingerprint density at radius 1 is 1.03 bits per heavy atom. The van der Waals surface area contributed by atoms with E-state index in [1.807, 2.05) is 0 Å². The molecular weight excluding hydrogens is 393 g/mol. The number of hydrogen-bond donors (Lipinski definition) is 3. The number of carbonyl (C=O) groups is 2. The van der Waals surface area contributed by atoms with Gasteiger partial charge in [0.2, 0.25) is 0 Å². The molecule has 2 amide bonds. The molecule has 0 heterocycles. The van der Waals surface area contributed by atoms with Gasteiger partial charge < -0.3 is 25.2 Å². The number of rotatable bonds is 6. The maximum absolute atomic E-state index is 12.6. The number of hydrogen-bond acceptors (Lipinski definition) is 5. The van der Waals surface area contributed by atoms with E-state index in [-0.39, 0.29) is 23.5 Å². The van der Waals surface area contributed by atoms with Crippen molar-refractivity contribution in [1.82, 2.24) is 5.32 Å². The second-order valence-electron chi connectivity index (χ2n) is 5.87. The van der Waals surface area contributed by atoms with Gasteiger partial charge in [0.15, 0.2) is 0 Å². The molecule has 0 aliphatic rings. The molecule has 0 saturated heterocycles. The van der Waals surface area contributed by atoms with E-state index in [4.69, 9.17) is 9.47 Å². The average Bonchev–Trinajstić information content (AvgIpc) is 2.71. The zero-order valence-corrected chi connectivity index (χ0v) is 15.5. The van der Waals surface area contributed by atoms with Crippen molar-refractivity contribution in [1.29, 1.82) is 0 Å². The summed E-state index contributed by atoms with van der Waals surface area (Å²) >= 11 is 0. The highest BCUT2D eigenvalue weighted by Crippen LogP contribution is 2.30. The number of alkyl halides is 3. The van der Waals surface area contributed by atoms with Crippen LogP contribution < -0.4 is 20.1 Å². The molecule has 2 aromatic rings. The molecule has 0 aliphatic carbocycles. The normalized spacial score (nSPS) is 12.1. The molecule has 2 aromatic carbocycles. The third-order valence-corrected chi connectivity index (χ3v) is 3.94. The van der Waals surface area contributed by atoms with Crippen molar-refractivity contribution in [2.45, 2.75) is 12.3 Å². The molecule has 0 bridgehead atoms. The number of aliphatic hydroxyl groups excluding tert-OH is 1. The van der Waals surface area contributed by atoms with Crippen molar-refractivity contribution in [3.05, 3.63) is 53.6 Å². The number of anilines is 1. The molecule has 7 nitrogen and oxygen atoms in total. The predicted octanol–water partition coefficient (Wildman–Crippen LogP) is 2.51. The average molecular weight is 412 g/mol. The van der Waals surface area contributed by atoms with Gasteiger partial charge in [-0.05, 0) is 29.8 Å². The minimum atomic E-state index is -4.49. The first-order valence-corrected chi connectivity index (χ1v) is 8.32. The molecule has 156 valence electrons. The van der Waals surface area contributed by atoms with E-state index in [2.05, 4.69) is 10.6 Å².